The van der Waals surface area contributed by atoms with Gasteiger partial charge in [0.1, 0.15) is 5.82 Å². The monoisotopic (exact) mass is 303 g/mol. The van der Waals surface area contributed by atoms with Gasteiger partial charge in [0.2, 0.25) is 5.76 Å². The third-order valence-electron chi connectivity index (χ3n) is 2.96. The van der Waals surface area contributed by atoms with Gasteiger partial charge >= 0.3 is 5.97 Å². The van der Waals surface area contributed by atoms with E-state index in [2.05, 4.69) is 4.98 Å². The van der Waals surface area contributed by atoms with Gasteiger partial charge in [-0.05, 0) is 35.9 Å². The molecule has 0 bridgehead atoms. The largest absolute Gasteiger partial charge is 0.475 e. The van der Waals surface area contributed by atoms with Crippen molar-refractivity contribution in [1.29, 1.82) is 0 Å². The first kappa shape index (κ1) is 13.6. The van der Waals surface area contributed by atoms with E-state index in [0.717, 1.165) is 5.56 Å². The minimum atomic E-state index is -1.10. The topological polar surface area (TPSA) is 63.3 Å². The van der Waals surface area contributed by atoms with Crippen LogP contribution in [-0.2, 0) is 5.75 Å². The average Bonchev–Trinajstić information content (AvgIpc) is 2.96. The van der Waals surface area contributed by atoms with Gasteiger partial charge in [0.05, 0.1) is 5.52 Å². The molecule has 0 fully saturated rings. The van der Waals surface area contributed by atoms with Crippen LogP contribution in [0.5, 0.6) is 0 Å². The van der Waals surface area contributed by atoms with E-state index in [-0.39, 0.29) is 11.6 Å². The fourth-order valence-corrected chi connectivity index (χ4v) is 2.82. The highest BCUT2D eigenvalue weighted by Gasteiger charge is 2.11. The van der Waals surface area contributed by atoms with Gasteiger partial charge in [-0.1, -0.05) is 17.8 Å². The van der Waals surface area contributed by atoms with Gasteiger partial charge in [-0.3, -0.25) is 4.98 Å². The summed E-state index contributed by atoms with van der Waals surface area (Å²) in [5.74, 6) is -0.992. The molecule has 0 spiro atoms. The fraction of sp³-hybridized carbons (Fsp3) is 0.0667. The Morgan fingerprint density at radius 1 is 1.29 bits per heavy atom. The van der Waals surface area contributed by atoms with Gasteiger partial charge in [0.25, 0.3) is 0 Å². The number of carboxylic acid groups (broad SMARTS) is 1. The molecular formula is C15H10FNO3S. The zero-order valence-corrected chi connectivity index (χ0v) is 11.6. The van der Waals surface area contributed by atoms with E-state index >= 15 is 0 Å². The van der Waals surface area contributed by atoms with Crippen molar-refractivity contribution in [3.63, 3.8) is 0 Å². The Morgan fingerprint density at radius 2 is 2.14 bits per heavy atom. The lowest BCUT2D eigenvalue weighted by Crippen LogP contribution is -1.91. The van der Waals surface area contributed by atoms with Crippen molar-refractivity contribution in [2.45, 2.75) is 10.8 Å². The Hall–Kier alpha value is -2.34. The van der Waals surface area contributed by atoms with Crippen LogP contribution in [-0.4, -0.2) is 16.1 Å². The van der Waals surface area contributed by atoms with Crippen LogP contribution in [0, 0.1) is 5.82 Å². The Morgan fingerprint density at radius 3 is 2.90 bits per heavy atom. The molecule has 0 unspecified atom stereocenters. The summed E-state index contributed by atoms with van der Waals surface area (Å²) in [6, 6.07) is 9.47. The van der Waals surface area contributed by atoms with Crippen molar-refractivity contribution >= 4 is 28.6 Å². The molecule has 0 amide bonds. The number of hydrogen-bond acceptors (Lipinski definition) is 4. The van der Waals surface area contributed by atoms with Gasteiger partial charge in [-0.25, -0.2) is 9.18 Å². The van der Waals surface area contributed by atoms with Crippen molar-refractivity contribution in [1.82, 2.24) is 4.98 Å². The molecule has 21 heavy (non-hydrogen) atoms. The Labute approximate surface area is 123 Å². The first-order valence-electron chi connectivity index (χ1n) is 6.13. The van der Waals surface area contributed by atoms with Crippen LogP contribution in [0.4, 0.5) is 4.39 Å². The summed E-state index contributed by atoms with van der Waals surface area (Å²) < 4.78 is 18.9. The number of hydrogen-bond donors (Lipinski definition) is 1. The van der Waals surface area contributed by atoms with E-state index in [1.54, 1.807) is 30.5 Å². The maximum atomic E-state index is 13.7. The standard InChI is InChI=1S/C15H10FNO3S/c16-11-4-3-9(14-10(11)2-1-7-17-14)8-21-13-6-5-12(20-13)15(18)19/h1-7H,8H2,(H,18,19). The molecule has 1 aromatic carbocycles. The molecule has 0 aliphatic heterocycles. The van der Waals surface area contributed by atoms with Crippen molar-refractivity contribution in [3.05, 3.63) is 59.7 Å². The molecule has 3 rings (SSSR count). The molecule has 0 atom stereocenters. The van der Waals surface area contributed by atoms with E-state index in [0.29, 0.717) is 21.7 Å². The quantitative estimate of drug-likeness (QED) is 0.739. The number of furan rings is 1. The lowest BCUT2D eigenvalue weighted by atomic mass is 10.1. The maximum Gasteiger partial charge on any atom is 0.371 e. The minimum Gasteiger partial charge on any atom is -0.475 e. The number of aromatic carboxylic acids is 1. The average molecular weight is 303 g/mol. The summed E-state index contributed by atoms with van der Waals surface area (Å²) >= 11 is 1.34. The van der Waals surface area contributed by atoms with Crippen LogP contribution < -0.4 is 0 Å². The number of halogens is 1. The number of carbonyl (C=O) groups is 1. The van der Waals surface area contributed by atoms with E-state index in [1.807, 2.05) is 0 Å². The number of fused-ring (bicyclic) bond motifs is 1. The third-order valence-corrected chi connectivity index (χ3v) is 3.92. The van der Waals surface area contributed by atoms with Crippen molar-refractivity contribution < 1.29 is 18.7 Å². The molecular weight excluding hydrogens is 293 g/mol. The second kappa shape index (κ2) is 5.57. The van der Waals surface area contributed by atoms with Gasteiger partial charge < -0.3 is 9.52 Å². The molecule has 4 nitrogen and oxygen atoms in total. The molecule has 0 radical (unpaired) electrons. The Balaban J connectivity index is 1.85. The number of rotatable bonds is 4. The molecule has 1 N–H and O–H groups in total. The smallest absolute Gasteiger partial charge is 0.371 e. The van der Waals surface area contributed by atoms with Gasteiger partial charge in [-0.2, -0.15) is 0 Å². The lowest BCUT2D eigenvalue weighted by Gasteiger charge is -2.05. The molecule has 0 aliphatic rings. The Kier molecular flexibility index (Phi) is 3.62. The third kappa shape index (κ3) is 2.75. The molecule has 0 aliphatic carbocycles. The van der Waals surface area contributed by atoms with Crippen LogP contribution in [0.3, 0.4) is 0 Å². The fourth-order valence-electron chi connectivity index (χ4n) is 1.97. The SMILES string of the molecule is O=C(O)c1ccc(SCc2ccc(F)c3cccnc23)o1. The molecule has 3 aromatic rings. The molecule has 6 heteroatoms. The number of aromatic nitrogens is 1. The summed E-state index contributed by atoms with van der Waals surface area (Å²) in [5, 5.41) is 9.77. The summed E-state index contributed by atoms with van der Waals surface area (Å²) in [5.41, 5.74) is 1.47. The van der Waals surface area contributed by atoms with E-state index in [9.17, 15) is 9.18 Å². The zero-order chi connectivity index (χ0) is 14.8. The number of pyridine rings is 1. The van der Waals surface area contributed by atoms with E-state index < -0.39 is 5.97 Å². The highest BCUT2D eigenvalue weighted by molar-refractivity contribution is 7.98. The predicted molar refractivity (Wildman–Crippen MR) is 76.9 cm³/mol. The molecule has 0 saturated carbocycles. The van der Waals surface area contributed by atoms with Gasteiger partial charge in [0.15, 0.2) is 5.09 Å². The van der Waals surface area contributed by atoms with Crippen molar-refractivity contribution in [2.75, 3.05) is 0 Å². The van der Waals surface area contributed by atoms with Gasteiger partial charge in [-0.15, -0.1) is 0 Å². The van der Waals surface area contributed by atoms with E-state index in [4.69, 9.17) is 9.52 Å². The summed E-state index contributed by atoms with van der Waals surface area (Å²) in [4.78, 5) is 15.0. The maximum absolute atomic E-state index is 13.7. The number of carboxylic acids is 1. The first-order chi connectivity index (χ1) is 10.1. The normalized spacial score (nSPS) is 10.9. The van der Waals surface area contributed by atoms with Crippen molar-refractivity contribution in [2.24, 2.45) is 0 Å². The highest BCUT2D eigenvalue weighted by Crippen LogP contribution is 2.28. The number of nitrogens with zero attached hydrogens (tertiary/aromatic N) is 1. The van der Waals surface area contributed by atoms with Crippen LogP contribution in [0.15, 0.2) is 52.1 Å². The molecule has 106 valence electrons. The first-order valence-corrected chi connectivity index (χ1v) is 7.12. The lowest BCUT2D eigenvalue weighted by molar-refractivity contribution is 0.0656. The van der Waals surface area contributed by atoms with Crippen LogP contribution in [0.2, 0.25) is 0 Å². The van der Waals surface area contributed by atoms with E-state index in [1.165, 1.54) is 23.9 Å². The number of thioether (sulfide) groups is 1. The molecule has 2 heterocycles. The van der Waals surface area contributed by atoms with Crippen LogP contribution in [0.1, 0.15) is 16.1 Å². The summed E-state index contributed by atoms with van der Waals surface area (Å²) in [7, 11) is 0. The second-order valence-electron chi connectivity index (χ2n) is 4.32. The zero-order valence-electron chi connectivity index (χ0n) is 10.7. The number of benzene rings is 1. The second-order valence-corrected chi connectivity index (χ2v) is 5.30. The summed E-state index contributed by atoms with van der Waals surface area (Å²) in [6.45, 7) is 0. The molecule has 0 saturated heterocycles. The summed E-state index contributed by atoms with van der Waals surface area (Å²) in [6.07, 6.45) is 1.62. The minimum absolute atomic E-state index is 0.0976. The van der Waals surface area contributed by atoms with Crippen LogP contribution in [0.25, 0.3) is 10.9 Å². The van der Waals surface area contributed by atoms with Crippen LogP contribution >= 0.6 is 11.8 Å². The Bertz CT molecular complexity index is 816. The highest BCUT2D eigenvalue weighted by atomic mass is 32.2. The van der Waals surface area contributed by atoms with Crippen molar-refractivity contribution in [3.8, 4) is 0 Å². The van der Waals surface area contributed by atoms with Gasteiger partial charge in [0, 0.05) is 17.3 Å². The predicted octanol–water partition coefficient (Wildman–Crippen LogP) is 3.96. The molecule has 2 aromatic heterocycles.